The number of carbonyl (C=O) groups excluding carboxylic acids is 2. The van der Waals surface area contributed by atoms with Crippen molar-refractivity contribution in [3.63, 3.8) is 0 Å². The summed E-state index contributed by atoms with van der Waals surface area (Å²) in [5.41, 5.74) is 0.348. The van der Waals surface area contributed by atoms with Crippen LogP contribution in [0.2, 0.25) is 15.1 Å². The van der Waals surface area contributed by atoms with Crippen molar-refractivity contribution in [1.29, 1.82) is 0 Å². The zero-order chi connectivity index (χ0) is 29.9. The van der Waals surface area contributed by atoms with Gasteiger partial charge in [-0.15, -0.1) is 0 Å². The summed E-state index contributed by atoms with van der Waals surface area (Å²) in [6.07, 6.45) is -1.38. The molecular weight excluding hydrogens is 668 g/mol. The molecule has 1 saturated carbocycles. The third-order valence-corrected chi connectivity index (χ3v) is 8.44. The fourth-order valence-electron chi connectivity index (χ4n) is 4.10. The molecule has 0 spiro atoms. The molecule has 3 aromatic carbocycles. The molecule has 5 nitrogen and oxygen atoms in total. The van der Waals surface area contributed by atoms with E-state index in [1.54, 1.807) is 19.2 Å². The van der Waals surface area contributed by atoms with Crippen LogP contribution in [0.4, 0.5) is 13.2 Å². The number of allylic oxidation sites excluding steroid dienone is 1. The highest BCUT2D eigenvalue weighted by molar-refractivity contribution is 9.10. The van der Waals surface area contributed by atoms with Crippen LogP contribution in [0.5, 0.6) is 5.75 Å². The molecule has 2 amide bonds. The van der Waals surface area contributed by atoms with Crippen molar-refractivity contribution in [2.24, 2.45) is 0 Å². The molecule has 1 aliphatic carbocycles. The van der Waals surface area contributed by atoms with Gasteiger partial charge in [0.25, 0.3) is 5.91 Å². The van der Waals surface area contributed by atoms with Crippen molar-refractivity contribution in [3.8, 4) is 5.75 Å². The van der Waals surface area contributed by atoms with Gasteiger partial charge in [-0.05, 0) is 81.9 Å². The number of methoxy groups -OCH3 is 1. The maximum Gasteiger partial charge on any atom is 0.399 e. The minimum atomic E-state index is -4.62. The number of nitrogens with one attached hydrogen (secondary N) is 2. The Bertz CT molecular complexity index is 1470. The van der Waals surface area contributed by atoms with Crippen LogP contribution < -0.4 is 15.4 Å². The Morgan fingerprint density at radius 2 is 1.68 bits per heavy atom. The number of ether oxygens (including phenoxy) is 1. The zero-order valence-corrected chi connectivity index (χ0v) is 25.3. The van der Waals surface area contributed by atoms with Crippen LogP contribution in [0.25, 0.3) is 6.08 Å². The van der Waals surface area contributed by atoms with E-state index >= 15 is 0 Å². The summed E-state index contributed by atoms with van der Waals surface area (Å²) in [4.78, 5) is 25.9. The quantitative estimate of drug-likeness (QED) is 0.222. The molecule has 0 aromatic heterocycles. The summed E-state index contributed by atoms with van der Waals surface area (Å²) in [7, 11) is 1.57. The van der Waals surface area contributed by atoms with E-state index in [1.807, 2.05) is 12.1 Å². The number of hydrogen-bond donors (Lipinski definition) is 2. The zero-order valence-electron chi connectivity index (χ0n) is 21.4. The van der Waals surface area contributed by atoms with Crippen molar-refractivity contribution < 1.29 is 27.5 Å². The number of alkyl halides is 3. The SMILES string of the molecule is COc1ccc(CNC(=O)C2(NC(=O)c3ccc(C=CC(c4cc(Cl)c(Cl)c(Cl)c4)C(F)(F)F)cc3Br)CC2)cc1. The number of carbonyl (C=O) groups is 2. The Hall–Kier alpha value is -2.72. The first kappa shape index (κ1) is 31.2. The summed E-state index contributed by atoms with van der Waals surface area (Å²) in [5, 5.41) is 5.46. The summed E-state index contributed by atoms with van der Waals surface area (Å²) < 4.78 is 47.1. The lowest BCUT2D eigenvalue weighted by Crippen LogP contribution is -2.48. The molecular formula is C29H23BrCl3F3N2O3. The van der Waals surface area contributed by atoms with E-state index in [0.717, 1.165) is 23.8 Å². The minimum absolute atomic E-state index is 0.0255. The van der Waals surface area contributed by atoms with Gasteiger partial charge in [0, 0.05) is 11.0 Å². The molecule has 1 unspecified atom stereocenters. The van der Waals surface area contributed by atoms with Crippen LogP contribution in [0.1, 0.15) is 45.8 Å². The Morgan fingerprint density at radius 3 is 2.22 bits per heavy atom. The first-order valence-electron chi connectivity index (χ1n) is 12.3. The second kappa shape index (κ2) is 12.7. The number of halogens is 7. The fraction of sp³-hybridized carbons (Fsp3) is 0.241. The summed E-state index contributed by atoms with van der Waals surface area (Å²) in [5.74, 6) is -2.07. The van der Waals surface area contributed by atoms with Crippen molar-refractivity contribution in [1.82, 2.24) is 10.6 Å². The lowest BCUT2D eigenvalue weighted by Gasteiger charge is -2.19. The number of amides is 2. The number of rotatable bonds is 9. The van der Waals surface area contributed by atoms with E-state index in [4.69, 9.17) is 39.5 Å². The highest BCUT2D eigenvalue weighted by atomic mass is 79.9. The van der Waals surface area contributed by atoms with E-state index < -0.39 is 23.5 Å². The van der Waals surface area contributed by atoms with E-state index in [1.165, 1.54) is 24.3 Å². The lowest BCUT2D eigenvalue weighted by atomic mass is 9.97. The smallest absolute Gasteiger partial charge is 0.399 e. The van der Waals surface area contributed by atoms with Crippen molar-refractivity contribution >= 4 is 68.6 Å². The molecule has 0 saturated heterocycles. The molecule has 41 heavy (non-hydrogen) atoms. The van der Waals surface area contributed by atoms with Crippen LogP contribution >= 0.6 is 50.7 Å². The largest absolute Gasteiger partial charge is 0.497 e. The van der Waals surface area contributed by atoms with Gasteiger partial charge in [0.1, 0.15) is 11.3 Å². The lowest BCUT2D eigenvalue weighted by molar-refractivity contribution is -0.139. The van der Waals surface area contributed by atoms with Gasteiger partial charge in [-0.1, -0.05) is 65.2 Å². The summed E-state index contributed by atoms with van der Waals surface area (Å²) in [6.45, 7) is 0.290. The third-order valence-electron chi connectivity index (χ3n) is 6.59. The average Bonchev–Trinajstić information content (AvgIpc) is 3.70. The van der Waals surface area contributed by atoms with Crippen molar-refractivity contribution in [2.75, 3.05) is 7.11 Å². The molecule has 0 radical (unpaired) electrons. The second-order valence-electron chi connectivity index (χ2n) is 9.48. The monoisotopic (exact) mass is 688 g/mol. The van der Waals surface area contributed by atoms with E-state index in [-0.39, 0.29) is 32.1 Å². The maximum absolute atomic E-state index is 13.9. The maximum atomic E-state index is 13.9. The molecule has 1 fully saturated rings. The van der Waals surface area contributed by atoms with Gasteiger partial charge >= 0.3 is 6.18 Å². The standard InChI is InChI=1S/C29H23BrCl3F3N2O3/c1-41-19-6-2-17(3-7-19)15-37-27(40)28(10-11-28)38-26(39)20-8-4-16(12-22(20)30)5-9-21(29(34,35)36)18-13-23(31)25(33)24(32)14-18/h2-9,12-14,21H,10-11,15H2,1H3,(H,37,40)(H,38,39). The van der Waals surface area contributed by atoms with Crippen LogP contribution in [-0.4, -0.2) is 30.6 Å². The van der Waals surface area contributed by atoms with E-state index in [0.29, 0.717) is 35.2 Å². The van der Waals surface area contributed by atoms with Crippen LogP contribution in [-0.2, 0) is 11.3 Å². The molecule has 4 rings (SSSR count). The molecule has 0 aliphatic heterocycles. The Labute approximate surface area is 258 Å². The Morgan fingerprint density at radius 1 is 1.05 bits per heavy atom. The minimum Gasteiger partial charge on any atom is -0.497 e. The first-order chi connectivity index (χ1) is 19.3. The molecule has 3 aromatic rings. The van der Waals surface area contributed by atoms with Gasteiger partial charge in [-0.2, -0.15) is 13.2 Å². The molecule has 1 atom stereocenters. The predicted octanol–water partition coefficient (Wildman–Crippen LogP) is 8.36. The Balaban J connectivity index is 1.43. The second-order valence-corrected chi connectivity index (χ2v) is 11.5. The van der Waals surface area contributed by atoms with Crippen LogP contribution in [0, 0.1) is 0 Å². The highest BCUT2D eigenvalue weighted by Crippen LogP contribution is 2.41. The fourth-order valence-corrected chi connectivity index (χ4v) is 5.29. The van der Waals surface area contributed by atoms with Gasteiger partial charge in [0.05, 0.1) is 33.7 Å². The first-order valence-corrected chi connectivity index (χ1v) is 14.2. The van der Waals surface area contributed by atoms with Gasteiger partial charge in [0.15, 0.2) is 0 Å². The van der Waals surface area contributed by atoms with Gasteiger partial charge in [0.2, 0.25) is 5.91 Å². The average molecular weight is 691 g/mol. The van der Waals surface area contributed by atoms with Gasteiger partial charge < -0.3 is 15.4 Å². The third kappa shape index (κ3) is 7.57. The number of benzene rings is 3. The molecule has 0 bridgehead atoms. The van der Waals surface area contributed by atoms with E-state index in [9.17, 15) is 22.8 Å². The van der Waals surface area contributed by atoms with Crippen LogP contribution in [0.15, 0.2) is 65.1 Å². The number of hydrogen-bond acceptors (Lipinski definition) is 3. The van der Waals surface area contributed by atoms with Crippen molar-refractivity contribution in [2.45, 2.75) is 37.0 Å². The molecule has 2 N–H and O–H groups in total. The molecule has 0 heterocycles. The molecule has 216 valence electrons. The molecule has 1 aliphatic rings. The molecule has 12 heteroatoms. The summed E-state index contributed by atoms with van der Waals surface area (Å²) >= 11 is 21.1. The normalized spacial score (nSPS) is 14.9. The van der Waals surface area contributed by atoms with Crippen LogP contribution in [0.3, 0.4) is 0 Å². The van der Waals surface area contributed by atoms with E-state index in [2.05, 4.69) is 26.6 Å². The van der Waals surface area contributed by atoms with Crippen molar-refractivity contribution in [3.05, 3.63) is 102 Å². The topological polar surface area (TPSA) is 67.4 Å². The highest BCUT2D eigenvalue weighted by Gasteiger charge is 2.51. The van der Waals surface area contributed by atoms with Gasteiger partial charge in [-0.25, -0.2) is 0 Å². The predicted molar refractivity (Wildman–Crippen MR) is 158 cm³/mol. The Kier molecular flexibility index (Phi) is 9.63. The summed E-state index contributed by atoms with van der Waals surface area (Å²) in [6, 6.07) is 14.0. The van der Waals surface area contributed by atoms with Gasteiger partial charge in [-0.3, -0.25) is 9.59 Å².